The maximum Gasteiger partial charge on any atom is 0.175 e. The van der Waals surface area contributed by atoms with Crippen molar-refractivity contribution in [2.45, 2.75) is 0 Å². The summed E-state index contributed by atoms with van der Waals surface area (Å²) in [6.07, 6.45) is 3.20. The molecule has 6 nitrogen and oxygen atoms in total. The Kier molecular flexibility index (Phi) is 4.88. The van der Waals surface area contributed by atoms with Crippen LogP contribution in [0.25, 0.3) is 0 Å². The van der Waals surface area contributed by atoms with Crippen LogP contribution < -0.4 is 5.73 Å². The van der Waals surface area contributed by atoms with Crippen molar-refractivity contribution in [3.8, 4) is 12.1 Å². The number of hydrogen-bond donors (Lipinski definition) is 1. The standard InChI is InChI=1S/C20H14N6/c21-11-17-18(12-22)20(24-13-15-7-3-1-4-8-15)26(19(17)23)25-14-16-9-5-2-6-10-16/h1-10,13-14H,23H2. The first-order valence-corrected chi connectivity index (χ1v) is 7.77. The summed E-state index contributed by atoms with van der Waals surface area (Å²) in [5, 5.41) is 23.1. The van der Waals surface area contributed by atoms with Gasteiger partial charge in [0.1, 0.15) is 29.1 Å². The van der Waals surface area contributed by atoms with Crippen molar-refractivity contribution in [2.24, 2.45) is 10.1 Å². The van der Waals surface area contributed by atoms with E-state index < -0.39 is 0 Å². The van der Waals surface area contributed by atoms with Gasteiger partial charge in [0, 0.05) is 6.21 Å². The van der Waals surface area contributed by atoms with Crippen molar-refractivity contribution < 1.29 is 0 Å². The topological polar surface area (TPSA) is 103 Å². The molecular formula is C20H14N6. The number of rotatable bonds is 4. The first-order chi connectivity index (χ1) is 12.7. The number of benzene rings is 2. The van der Waals surface area contributed by atoms with Crippen molar-refractivity contribution in [3.05, 3.63) is 82.9 Å². The molecule has 0 saturated carbocycles. The molecule has 26 heavy (non-hydrogen) atoms. The van der Waals surface area contributed by atoms with Crippen LogP contribution in [0, 0.1) is 22.7 Å². The third-order valence-electron chi connectivity index (χ3n) is 3.64. The van der Waals surface area contributed by atoms with Crippen LogP contribution in [-0.2, 0) is 0 Å². The van der Waals surface area contributed by atoms with Crippen molar-refractivity contribution >= 4 is 24.1 Å². The number of nitrogens with zero attached hydrogens (tertiary/aromatic N) is 5. The van der Waals surface area contributed by atoms with Crippen molar-refractivity contribution in [1.82, 2.24) is 4.68 Å². The SMILES string of the molecule is N#Cc1c(C#N)c(N=Cc2ccccc2)n(N=Cc2ccccc2)c1N. The summed E-state index contributed by atoms with van der Waals surface area (Å²) in [4.78, 5) is 4.36. The summed E-state index contributed by atoms with van der Waals surface area (Å²) in [7, 11) is 0. The van der Waals surface area contributed by atoms with Crippen LogP contribution in [0.4, 0.5) is 11.6 Å². The van der Waals surface area contributed by atoms with Crippen LogP contribution in [0.15, 0.2) is 70.8 Å². The molecule has 0 bridgehead atoms. The summed E-state index contributed by atoms with van der Waals surface area (Å²) >= 11 is 0. The van der Waals surface area contributed by atoms with Crippen LogP contribution in [0.2, 0.25) is 0 Å². The molecule has 1 aromatic heterocycles. The molecule has 0 radical (unpaired) electrons. The van der Waals surface area contributed by atoms with E-state index in [1.807, 2.05) is 72.8 Å². The fourth-order valence-corrected chi connectivity index (χ4v) is 2.36. The Morgan fingerprint density at radius 2 is 1.35 bits per heavy atom. The third-order valence-corrected chi connectivity index (χ3v) is 3.64. The number of aliphatic imine (C=N–C) groups is 1. The van der Waals surface area contributed by atoms with E-state index in [2.05, 4.69) is 10.1 Å². The highest BCUT2D eigenvalue weighted by Gasteiger charge is 2.20. The first-order valence-electron chi connectivity index (χ1n) is 7.77. The highest BCUT2D eigenvalue weighted by molar-refractivity contribution is 5.84. The molecule has 0 aliphatic heterocycles. The van der Waals surface area contributed by atoms with Gasteiger partial charge >= 0.3 is 0 Å². The molecule has 0 aliphatic rings. The Balaban J connectivity index is 2.10. The highest BCUT2D eigenvalue weighted by Crippen LogP contribution is 2.31. The number of anilines is 1. The second-order valence-corrected chi connectivity index (χ2v) is 5.32. The van der Waals surface area contributed by atoms with E-state index in [9.17, 15) is 10.5 Å². The van der Waals surface area contributed by atoms with E-state index in [1.165, 1.54) is 4.68 Å². The molecule has 2 N–H and O–H groups in total. The minimum atomic E-state index is 0.0675. The molecule has 2 aromatic carbocycles. The highest BCUT2D eigenvalue weighted by atomic mass is 15.4. The van der Waals surface area contributed by atoms with E-state index in [0.29, 0.717) is 0 Å². The maximum absolute atomic E-state index is 9.45. The Labute approximate surface area is 150 Å². The lowest BCUT2D eigenvalue weighted by molar-refractivity contribution is 0.905. The number of nitriles is 2. The lowest BCUT2D eigenvalue weighted by atomic mass is 10.2. The van der Waals surface area contributed by atoms with Crippen molar-refractivity contribution in [3.63, 3.8) is 0 Å². The molecule has 3 rings (SSSR count). The van der Waals surface area contributed by atoms with Gasteiger partial charge in [0.2, 0.25) is 0 Å². The molecule has 3 aromatic rings. The predicted molar refractivity (Wildman–Crippen MR) is 101 cm³/mol. The molecule has 0 saturated heterocycles. The average Bonchev–Trinajstić information content (AvgIpc) is 2.96. The lowest BCUT2D eigenvalue weighted by Crippen LogP contribution is -1.98. The molecular weight excluding hydrogens is 324 g/mol. The molecule has 0 spiro atoms. The van der Waals surface area contributed by atoms with E-state index in [1.54, 1.807) is 12.4 Å². The minimum Gasteiger partial charge on any atom is -0.382 e. The smallest absolute Gasteiger partial charge is 0.175 e. The number of aromatic nitrogens is 1. The molecule has 0 amide bonds. The van der Waals surface area contributed by atoms with Crippen LogP contribution in [0.1, 0.15) is 22.3 Å². The average molecular weight is 338 g/mol. The van der Waals surface area contributed by atoms with Crippen LogP contribution in [-0.4, -0.2) is 17.1 Å². The lowest BCUT2D eigenvalue weighted by Gasteiger charge is -2.01. The van der Waals surface area contributed by atoms with Gasteiger partial charge in [0.25, 0.3) is 0 Å². The van der Waals surface area contributed by atoms with Gasteiger partial charge in [-0.2, -0.15) is 20.3 Å². The molecule has 6 heteroatoms. The van der Waals surface area contributed by atoms with Gasteiger partial charge in [0.05, 0.1) is 6.21 Å². The van der Waals surface area contributed by atoms with Crippen molar-refractivity contribution in [1.29, 1.82) is 10.5 Å². The predicted octanol–water partition coefficient (Wildman–Crippen LogP) is 3.45. The van der Waals surface area contributed by atoms with E-state index in [0.717, 1.165) is 11.1 Å². The van der Waals surface area contributed by atoms with Crippen molar-refractivity contribution in [2.75, 3.05) is 5.73 Å². The summed E-state index contributed by atoms with van der Waals surface area (Å²) in [5.41, 5.74) is 7.90. The van der Waals surface area contributed by atoms with Crippen LogP contribution >= 0.6 is 0 Å². The second kappa shape index (κ2) is 7.61. The molecule has 0 atom stereocenters. The van der Waals surface area contributed by atoms with E-state index in [4.69, 9.17) is 5.73 Å². The van der Waals surface area contributed by atoms with Gasteiger partial charge in [-0.25, -0.2) is 4.99 Å². The fraction of sp³-hybridized carbons (Fsp3) is 0. The van der Waals surface area contributed by atoms with E-state index >= 15 is 0 Å². The Morgan fingerprint density at radius 1 is 0.808 bits per heavy atom. The summed E-state index contributed by atoms with van der Waals surface area (Å²) in [6.45, 7) is 0. The third kappa shape index (κ3) is 3.35. The molecule has 0 fully saturated rings. The van der Waals surface area contributed by atoms with E-state index in [-0.39, 0.29) is 22.8 Å². The van der Waals surface area contributed by atoms with Crippen LogP contribution in [0.5, 0.6) is 0 Å². The van der Waals surface area contributed by atoms with Gasteiger partial charge in [-0.05, 0) is 11.1 Å². The van der Waals surface area contributed by atoms with Gasteiger partial charge in [-0.3, -0.25) is 0 Å². The van der Waals surface area contributed by atoms with Gasteiger partial charge in [-0.1, -0.05) is 60.7 Å². The van der Waals surface area contributed by atoms with Gasteiger partial charge in [-0.15, -0.1) is 0 Å². The second-order valence-electron chi connectivity index (χ2n) is 5.32. The Morgan fingerprint density at radius 3 is 1.88 bits per heavy atom. The normalized spacial score (nSPS) is 10.8. The summed E-state index contributed by atoms with van der Waals surface area (Å²) < 4.78 is 1.31. The molecule has 124 valence electrons. The zero-order chi connectivity index (χ0) is 18.4. The monoisotopic (exact) mass is 338 g/mol. The zero-order valence-electron chi connectivity index (χ0n) is 13.7. The zero-order valence-corrected chi connectivity index (χ0v) is 13.7. The largest absolute Gasteiger partial charge is 0.382 e. The van der Waals surface area contributed by atoms with Gasteiger partial charge < -0.3 is 5.73 Å². The molecule has 1 heterocycles. The summed E-state index contributed by atoms with van der Waals surface area (Å²) in [5.74, 6) is 0.300. The minimum absolute atomic E-state index is 0.0675. The number of hydrogen-bond acceptors (Lipinski definition) is 5. The molecule has 0 unspecified atom stereocenters. The first kappa shape index (κ1) is 16.7. The van der Waals surface area contributed by atoms with Crippen LogP contribution in [0.3, 0.4) is 0 Å². The number of nitrogen functional groups attached to an aromatic ring is 1. The summed E-state index contributed by atoms with van der Waals surface area (Å²) in [6, 6.07) is 22.8. The number of nitrogens with two attached hydrogens (primary N) is 1. The fourth-order valence-electron chi connectivity index (χ4n) is 2.36. The maximum atomic E-state index is 9.45. The quantitative estimate of drug-likeness (QED) is 0.737. The Bertz CT molecular complexity index is 1050. The Hall–Kier alpha value is -4.16. The molecule has 0 aliphatic carbocycles. The van der Waals surface area contributed by atoms with Gasteiger partial charge in [0.15, 0.2) is 5.82 Å².